The second-order valence-corrected chi connectivity index (χ2v) is 15.5. The molecule has 1 aromatic carbocycles. The lowest BCUT2D eigenvalue weighted by Gasteiger charge is -2.41. The van der Waals surface area contributed by atoms with E-state index in [2.05, 4.69) is 32.7 Å². The topological polar surface area (TPSA) is 134 Å². The van der Waals surface area contributed by atoms with Crippen molar-refractivity contribution >= 4 is 21.8 Å². The van der Waals surface area contributed by atoms with Gasteiger partial charge in [-0.15, -0.1) is 0 Å². The van der Waals surface area contributed by atoms with Crippen LogP contribution in [-0.4, -0.2) is 98.1 Å². The number of carbonyl (C=O) groups excluding carboxylic acids is 2. The summed E-state index contributed by atoms with van der Waals surface area (Å²) in [5.74, 6) is 1.95. The molecule has 258 valence electrons. The summed E-state index contributed by atoms with van der Waals surface area (Å²) in [6.07, 6.45) is 10.3. The largest absolute Gasteiger partial charge is 0.491 e. The number of carbonyl (C=O) groups is 2. The Morgan fingerprint density at radius 2 is 1.83 bits per heavy atom. The van der Waals surface area contributed by atoms with E-state index in [1.54, 1.807) is 0 Å². The Morgan fingerprint density at radius 1 is 1.06 bits per heavy atom. The summed E-state index contributed by atoms with van der Waals surface area (Å²) in [6.45, 7) is 6.89. The minimum absolute atomic E-state index is 0.00302. The summed E-state index contributed by atoms with van der Waals surface area (Å²) in [7, 11) is -3.18. The van der Waals surface area contributed by atoms with Crippen LogP contribution in [0.5, 0.6) is 5.75 Å². The van der Waals surface area contributed by atoms with E-state index in [0.717, 1.165) is 87.5 Å². The van der Waals surface area contributed by atoms with Gasteiger partial charge in [0.2, 0.25) is 21.8 Å². The predicted octanol–water partition coefficient (Wildman–Crippen LogP) is 3.37. The molecule has 12 heteroatoms. The Labute approximate surface area is 280 Å². The van der Waals surface area contributed by atoms with E-state index in [-0.39, 0.29) is 23.1 Å². The van der Waals surface area contributed by atoms with Crippen molar-refractivity contribution in [2.24, 2.45) is 5.41 Å². The molecule has 11 nitrogen and oxygen atoms in total. The molecule has 2 amide bonds. The molecule has 2 saturated heterocycles. The van der Waals surface area contributed by atoms with E-state index in [0.29, 0.717) is 58.5 Å². The number of sulfonamides is 1. The first-order valence-corrected chi connectivity index (χ1v) is 19.2. The van der Waals surface area contributed by atoms with Gasteiger partial charge >= 0.3 is 0 Å². The van der Waals surface area contributed by atoms with Crippen molar-refractivity contribution in [1.29, 1.82) is 0 Å². The molecule has 47 heavy (non-hydrogen) atoms. The summed E-state index contributed by atoms with van der Waals surface area (Å²) in [5, 5.41) is 6.24. The molecule has 2 fully saturated rings. The average Bonchev–Trinajstić information content (AvgIpc) is 3.07. The first kappa shape index (κ1) is 35.2. The molecule has 0 unspecified atom stereocenters. The van der Waals surface area contributed by atoms with Crippen LogP contribution in [-0.2, 0) is 32.5 Å². The zero-order valence-corrected chi connectivity index (χ0v) is 29.0. The minimum Gasteiger partial charge on any atom is -0.491 e. The second kappa shape index (κ2) is 16.3. The van der Waals surface area contributed by atoms with Crippen molar-refractivity contribution in [2.45, 2.75) is 83.5 Å². The van der Waals surface area contributed by atoms with Crippen LogP contribution in [0.15, 0.2) is 30.3 Å². The number of benzene rings is 1. The van der Waals surface area contributed by atoms with E-state index < -0.39 is 10.0 Å². The molecule has 1 aromatic heterocycles. The van der Waals surface area contributed by atoms with E-state index in [1.807, 2.05) is 25.1 Å². The molecule has 1 spiro atoms. The summed E-state index contributed by atoms with van der Waals surface area (Å²) >= 11 is 0. The van der Waals surface area contributed by atoms with Crippen molar-refractivity contribution in [3.8, 4) is 5.75 Å². The van der Waals surface area contributed by atoms with Crippen LogP contribution < -0.4 is 15.4 Å². The van der Waals surface area contributed by atoms with Crippen molar-refractivity contribution in [2.75, 3.05) is 58.7 Å². The number of hydrogen-bond acceptors (Lipinski definition) is 8. The standard InChI is InChI=1S/C35H52N6O5S/c1-27-26-30(39-33(38-27)29-13-20-41(21-14-29)47(2,44)45)11-12-32(42)36-18-24-40-22-16-35(17-23-40)15-7-3-4-8-28-9-5-6-10-31(28)46-25-19-37-34(35)43/h5-6,9-10,26,29H,3-4,7-8,11-25H2,1-2H3,(H,36,42)(H,37,43). The molecule has 2 N–H and O–H groups in total. The smallest absolute Gasteiger partial charge is 0.226 e. The first-order chi connectivity index (χ1) is 22.6. The second-order valence-electron chi connectivity index (χ2n) is 13.5. The van der Waals surface area contributed by atoms with Gasteiger partial charge in [0.15, 0.2) is 0 Å². The molecule has 0 aliphatic carbocycles. The lowest BCUT2D eigenvalue weighted by atomic mass is 9.73. The Bertz CT molecular complexity index is 1470. The number of nitrogens with zero attached hydrogens (tertiary/aromatic N) is 4. The van der Waals surface area contributed by atoms with E-state index in [9.17, 15) is 18.0 Å². The molecular formula is C35H52N6O5S. The van der Waals surface area contributed by atoms with Crippen LogP contribution in [0, 0.1) is 12.3 Å². The lowest BCUT2D eigenvalue weighted by molar-refractivity contribution is -0.134. The summed E-state index contributed by atoms with van der Waals surface area (Å²) in [4.78, 5) is 37.9. The quantitative estimate of drug-likeness (QED) is 0.438. The van der Waals surface area contributed by atoms with Crippen molar-refractivity contribution in [3.63, 3.8) is 0 Å². The number of rotatable bonds is 8. The monoisotopic (exact) mass is 668 g/mol. The van der Waals surface area contributed by atoms with Crippen LogP contribution in [0.25, 0.3) is 0 Å². The maximum absolute atomic E-state index is 13.4. The van der Waals surface area contributed by atoms with Gasteiger partial charge in [-0.2, -0.15) is 0 Å². The number of fused-ring (bicyclic) bond motifs is 1. The van der Waals surface area contributed by atoms with Gasteiger partial charge in [0.05, 0.1) is 18.2 Å². The highest BCUT2D eigenvalue weighted by Gasteiger charge is 2.40. The van der Waals surface area contributed by atoms with Crippen LogP contribution in [0.2, 0.25) is 0 Å². The lowest BCUT2D eigenvalue weighted by Crippen LogP contribution is -2.50. The summed E-state index contributed by atoms with van der Waals surface area (Å²) in [5.41, 5.74) is 2.62. The van der Waals surface area contributed by atoms with Gasteiger partial charge in [0, 0.05) is 49.9 Å². The minimum atomic E-state index is -3.18. The van der Waals surface area contributed by atoms with Gasteiger partial charge in [0.1, 0.15) is 18.2 Å². The molecule has 3 aliphatic heterocycles. The molecule has 0 radical (unpaired) electrons. The number of likely N-dealkylation sites (tertiary alicyclic amines) is 1. The number of nitrogens with one attached hydrogen (secondary N) is 2. The number of ether oxygens (including phenoxy) is 1. The van der Waals surface area contributed by atoms with Gasteiger partial charge in [-0.3, -0.25) is 9.59 Å². The Hall–Kier alpha value is -3.09. The van der Waals surface area contributed by atoms with Gasteiger partial charge < -0.3 is 20.3 Å². The molecule has 0 bridgehead atoms. The van der Waals surface area contributed by atoms with E-state index >= 15 is 0 Å². The highest BCUT2D eigenvalue weighted by molar-refractivity contribution is 7.88. The summed E-state index contributed by atoms with van der Waals surface area (Å²) < 4.78 is 31.3. The third-order valence-electron chi connectivity index (χ3n) is 10.1. The van der Waals surface area contributed by atoms with Crippen molar-refractivity contribution in [3.05, 3.63) is 53.1 Å². The normalized spacial score (nSPS) is 20.6. The Kier molecular flexibility index (Phi) is 12.2. The highest BCUT2D eigenvalue weighted by Crippen LogP contribution is 2.37. The van der Waals surface area contributed by atoms with E-state index in [4.69, 9.17) is 9.72 Å². The number of para-hydroxylation sites is 1. The third-order valence-corrected chi connectivity index (χ3v) is 11.4. The van der Waals surface area contributed by atoms with Crippen LogP contribution >= 0.6 is 0 Å². The predicted molar refractivity (Wildman–Crippen MR) is 182 cm³/mol. The Morgan fingerprint density at radius 3 is 2.60 bits per heavy atom. The zero-order chi connectivity index (χ0) is 33.3. The molecule has 2 aromatic rings. The fourth-order valence-corrected chi connectivity index (χ4v) is 8.09. The Balaban J connectivity index is 1.03. The molecule has 0 saturated carbocycles. The molecule has 5 rings (SSSR count). The van der Waals surface area contributed by atoms with Gasteiger partial charge in [-0.1, -0.05) is 31.0 Å². The number of aromatic nitrogens is 2. The zero-order valence-electron chi connectivity index (χ0n) is 28.1. The maximum atomic E-state index is 13.4. The van der Waals surface area contributed by atoms with Crippen LogP contribution in [0.4, 0.5) is 0 Å². The van der Waals surface area contributed by atoms with Crippen LogP contribution in [0.3, 0.4) is 0 Å². The van der Waals surface area contributed by atoms with Crippen molar-refractivity contribution in [1.82, 2.24) is 29.8 Å². The van der Waals surface area contributed by atoms with Gasteiger partial charge in [-0.25, -0.2) is 22.7 Å². The fraction of sp³-hybridized carbons (Fsp3) is 0.657. The molecule has 3 aliphatic rings. The molecule has 4 heterocycles. The molecule has 0 atom stereocenters. The highest BCUT2D eigenvalue weighted by atomic mass is 32.2. The maximum Gasteiger partial charge on any atom is 0.226 e. The number of amides is 2. The SMILES string of the molecule is Cc1cc(CCC(=O)NCCN2CCC3(CCCCCc4ccccc4OCCNC3=O)CC2)nc(C2CCN(S(C)(=O)=O)CC2)n1. The van der Waals surface area contributed by atoms with Crippen LogP contribution in [0.1, 0.15) is 86.5 Å². The first-order valence-electron chi connectivity index (χ1n) is 17.4. The fourth-order valence-electron chi connectivity index (χ4n) is 7.21. The number of piperidine rings is 2. The van der Waals surface area contributed by atoms with Crippen molar-refractivity contribution < 1.29 is 22.7 Å². The van der Waals surface area contributed by atoms with Gasteiger partial charge in [0.25, 0.3) is 0 Å². The average molecular weight is 669 g/mol. The van der Waals surface area contributed by atoms with E-state index in [1.165, 1.54) is 16.1 Å². The molecular weight excluding hydrogens is 616 g/mol. The van der Waals surface area contributed by atoms with Gasteiger partial charge in [-0.05, 0) is 89.1 Å². The number of aryl methyl sites for hydroxylation is 3. The summed E-state index contributed by atoms with van der Waals surface area (Å²) in [6, 6.07) is 10.1. The number of hydrogen-bond donors (Lipinski definition) is 2. The third kappa shape index (κ3) is 9.96.